The van der Waals surface area contributed by atoms with E-state index < -0.39 is 12.2 Å². The Morgan fingerprint density at radius 1 is 0.850 bits per heavy atom. The van der Waals surface area contributed by atoms with E-state index in [1.54, 1.807) is 0 Å². The Morgan fingerprint density at radius 2 is 1.25 bits per heavy atom. The third kappa shape index (κ3) is 7.54. The molecule has 1 heterocycles. The van der Waals surface area contributed by atoms with Crippen molar-refractivity contribution in [2.45, 2.75) is 22.9 Å². The van der Waals surface area contributed by atoms with Crippen LogP contribution in [0, 0.1) is 0 Å². The van der Waals surface area contributed by atoms with Crippen molar-refractivity contribution in [2.24, 2.45) is 0 Å². The molecule has 0 aliphatic rings. The molecule has 110 valence electrons. The van der Waals surface area contributed by atoms with Gasteiger partial charge in [-0.25, -0.2) is 9.97 Å². The summed E-state index contributed by atoms with van der Waals surface area (Å²) in [5, 5.41) is 1.27. The Kier molecular flexibility index (Phi) is 8.36. The monoisotopic (exact) mass is 324 g/mol. The molecule has 0 spiro atoms. The van der Waals surface area contributed by atoms with Crippen molar-refractivity contribution in [3.8, 4) is 0 Å². The number of thioether (sulfide) groups is 2. The highest BCUT2D eigenvalue weighted by molar-refractivity contribution is 8.02. The zero-order chi connectivity index (χ0) is 14.8. The molecule has 8 heteroatoms. The fourth-order valence-corrected chi connectivity index (χ4v) is 2.99. The van der Waals surface area contributed by atoms with Gasteiger partial charge in [-0.3, -0.25) is 0 Å². The summed E-state index contributed by atoms with van der Waals surface area (Å²) in [4.78, 5) is 8.23. The smallest absolute Gasteiger partial charge is 0.245 e. The minimum Gasteiger partial charge on any atom is -0.245 e. The second-order valence-electron chi connectivity index (χ2n) is 3.43. The van der Waals surface area contributed by atoms with Crippen LogP contribution in [0.4, 0.5) is 17.6 Å². The Hall–Kier alpha value is -1.02. The van der Waals surface area contributed by atoms with E-state index in [1.165, 1.54) is 35.9 Å². The Labute approximate surface area is 122 Å². The van der Waals surface area contributed by atoms with Crippen LogP contribution in [-0.4, -0.2) is 21.5 Å². The zero-order valence-electron chi connectivity index (χ0n) is 10.4. The minimum absolute atomic E-state index is 0.240. The Balaban J connectivity index is 2.46. The second-order valence-corrected chi connectivity index (χ2v) is 5.60. The van der Waals surface area contributed by atoms with Gasteiger partial charge in [0.2, 0.25) is 0 Å². The first kappa shape index (κ1) is 17.0. The number of aromatic nitrogens is 2. The van der Waals surface area contributed by atoms with Crippen LogP contribution in [0.3, 0.4) is 0 Å². The summed E-state index contributed by atoms with van der Waals surface area (Å²) in [6.07, 6.45) is 1.82. The van der Waals surface area contributed by atoms with E-state index in [9.17, 15) is 17.6 Å². The topological polar surface area (TPSA) is 25.8 Å². The number of hydrogen-bond donors (Lipinski definition) is 0. The zero-order valence-corrected chi connectivity index (χ0v) is 12.0. The lowest BCUT2D eigenvalue weighted by Crippen LogP contribution is -1.90. The molecule has 0 aromatic carbocycles. The highest BCUT2D eigenvalue weighted by Crippen LogP contribution is 2.28. The molecular weight excluding hydrogens is 312 g/mol. The summed E-state index contributed by atoms with van der Waals surface area (Å²) in [6.45, 7) is 0. The van der Waals surface area contributed by atoms with E-state index in [-0.39, 0.29) is 12.8 Å². The van der Waals surface area contributed by atoms with E-state index in [2.05, 4.69) is 9.97 Å². The minimum atomic E-state index is -1.70. The molecule has 0 aliphatic heterocycles. The molecule has 0 fully saturated rings. The van der Waals surface area contributed by atoms with Crippen molar-refractivity contribution in [3.05, 3.63) is 36.7 Å². The Morgan fingerprint density at radius 3 is 1.60 bits per heavy atom. The van der Waals surface area contributed by atoms with E-state index in [0.717, 1.165) is 12.2 Å². The first-order chi connectivity index (χ1) is 9.59. The summed E-state index contributed by atoms with van der Waals surface area (Å²) in [7, 11) is 0. The van der Waals surface area contributed by atoms with Gasteiger partial charge in [-0.2, -0.15) is 17.6 Å². The third-order valence-electron chi connectivity index (χ3n) is 1.94. The number of halogens is 4. The van der Waals surface area contributed by atoms with Crippen molar-refractivity contribution in [1.82, 2.24) is 9.97 Å². The van der Waals surface area contributed by atoms with Gasteiger partial charge in [-0.05, 0) is 25.0 Å². The second kappa shape index (κ2) is 9.82. The average Bonchev–Trinajstić information content (AvgIpc) is 2.40. The van der Waals surface area contributed by atoms with Crippen molar-refractivity contribution in [2.75, 3.05) is 11.5 Å². The van der Waals surface area contributed by atoms with E-state index in [1.807, 2.05) is 0 Å². The maximum absolute atomic E-state index is 11.9. The van der Waals surface area contributed by atoms with Crippen molar-refractivity contribution in [1.29, 1.82) is 0 Å². The van der Waals surface area contributed by atoms with Gasteiger partial charge in [0.05, 0.1) is 0 Å². The van der Waals surface area contributed by atoms with Crippen molar-refractivity contribution >= 4 is 23.5 Å². The molecule has 0 amide bonds. The fourth-order valence-electron chi connectivity index (χ4n) is 1.16. The predicted molar refractivity (Wildman–Crippen MR) is 73.3 cm³/mol. The fraction of sp³-hybridized carbons (Fsp3) is 0.333. The molecule has 0 aliphatic carbocycles. The summed E-state index contributed by atoms with van der Waals surface area (Å²) in [6, 6.07) is 0. The Bertz CT molecular complexity index is 429. The lowest BCUT2D eigenvalue weighted by molar-refractivity contribution is 0.417. The van der Waals surface area contributed by atoms with Crippen LogP contribution in [0.2, 0.25) is 0 Å². The van der Waals surface area contributed by atoms with Gasteiger partial charge in [0.25, 0.3) is 12.2 Å². The van der Waals surface area contributed by atoms with Crippen molar-refractivity contribution in [3.63, 3.8) is 0 Å². The van der Waals surface area contributed by atoms with Gasteiger partial charge in [-0.15, -0.1) is 23.5 Å². The molecule has 1 aromatic heterocycles. The van der Waals surface area contributed by atoms with Gasteiger partial charge >= 0.3 is 0 Å². The van der Waals surface area contributed by atoms with Crippen LogP contribution in [0.1, 0.15) is 12.8 Å². The molecule has 0 saturated carbocycles. The van der Waals surface area contributed by atoms with Crippen LogP contribution < -0.4 is 0 Å². The predicted octanol–water partition coefficient (Wildman–Crippen LogP) is 5.00. The highest BCUT2D eigenvalue weighted by atomic mass is 32.2. The molecule has 20 heavy (non-hydrogen) atoms. The van der Waals surface area contributed by atoms with Crippen LogP contribution >= 0.6 is 23.5 Å². The van der Waals surface area contributed by atoms with E-state index >= 15 is 0 Å². The maximum Gasteiger partial charge on any atom is 0.266 e. The van der Waals surface area contributed by atoms with Gasteiger partial charge in [-0.1, -0.05) is 0 Å². The molecule has 0 N–H and O–H groups in total. The first-order valence-corrected chi connectivity index (χ1v) is 7.65. The molecule has 0 radical (unpaired) electrons. The molecule has 0 bridgehead atoms. The largest absolute Gasteiger partial charge is 0.266 e. The number of rotatable bonds is 8. The molecule has 0 atom stereocenters. The summed E-state index contributed by atoms with van der Waals surface area (Å²) in [5.74, 6) is 0.922. The number of nitrogens with zero attached hydrogens (tertiary/aromatic N) is 2. The highest BCUT2D eigenvalue weighted by Gasteiger charge is 2.06. The summed E-state index contributed by atoms with van der Waals surface area (Å²) < 4.78 is 47.5. The molecule has 1 rings (SSSR count). The average molecular weight is 324 g/mol. The number of hydrogen-bond acceptors (Lipinski definition) is 4. The lowest BCUT2D eigenvalue weighted by Gasteiger charge is -2.04. The molecule has 0 saturated heterocycles. The van der Waals surface area contributed by atoms with Crippen LogP contribution in [0.5, 0.6) is 0 Å². The van der Waals surface area contributed by atoms with Gasteiger partial charge in [0.1, 0.15) is 10.1 Å². The summed E-state index contributed by atoms with van der Waals surface area (Å²) in [5.41, 5.74) is 0. The standard InChI is InChI=1S/C12H12F4N2S2/c13-9(14)3-1-7-19-11-12(18-6-5-17-11)20-8-2-4-10(15)16/h3-6H,1-2,7-8H2. The first-order valence-electron chi connectivity index (χ1n) is 5.68. The number of allylic oxidation sites excluding steroid dienone is 2. The molecule has 1 aromatic rings. The van der Waals surface area contributed by atoms with Crippen LogP contribution in [0.25, 0.3) is 0 Å². The molecule has 2 nitrogen and oxygen atoms in total. The molecular formula is C12H12F4N2S2. The molecule has 0 unspecified atom stereocenters. The van der Waals surface area contributed by atoms with E-state index in [4.69, 9.17) is 0 Å². The quantitative estimate of drug-likeness (QED) is 0.382. The van der Waals surface area contributed by atoms with Crippen molar-refractivity contribution < 1.29 is 17.6 Å². The lowest BCUT2D eigenvalue weighted by atomic mass is 10.5. The van der Waals surface area contributed by atoms with Crippen LogP contribution in [0.15, 0.2) is 46.8 Å². The normalized spacial score (nSPS) is 10.2. The van der Waals surface area contributed by atoms with E-state index in [0.29, 0.717) is 21.6 Å². The maximum atomic E-state index is 11.9. The van der Waals surface area contributed by atoms with Crippen LogP contribution in [-0.2, 0) is 0 Å². The van der Waals surface area contributed by atoms with Gasteiger partial charge in [0, 0.05) is 23.9 Å². The van der Waals surface area contributed by atoms with Gasteiger partial charge < -0.3 is 0 Å². The SMILES string of the molecule is FC(F)=CCCSc1nccnc1SCCC=C(F)F. The summed E-state index contributed by atoms with van der Waals surface area (Å²) >= 11 is 2.63. The van der Waals surface area contributed by atoms with Gasteiger partial charge in [0.15, 0.2) is 0 Å². The third-order valence-corrected chi connectivity index (χ3v) is 4.10.